The van der Waals surface area contributed by atoms with Gasteiger partial charge in [-0.3, -0.25) is 4.79 Å². The van der Waals surface area contributed by atoms with Gasteiger partial charge in [0.1, 0.15) is 12.8 Å². The predicted molar refractivity (Wildman–Crippen MR) is 72.4 cm³/mol. The van der Waals surface area contributed by atoms with Gasteiger partial charge in [-0.1, -0.05) is 0 Å². The molecule has 124 valence electrons. The number of nitrogens with two attached hydrogens (primary N) is 1. The standard InChI is InChI=1S/C12H24N2O7/c1-12(2,3)21-10(20-8(13)6-15)7-19-11(18)14-5-4-9(16)17/h8,10,15H,4-7,13H2,1-3H3,(H,14,18)(H,16,17). The lowest BCUT2D eigenvalue weighted by molar-refractivity contribution is -0.232. The lowest BCUT2D eigenvalue weighted by Gasteiger charge is -2.28. The summed E-state index contributed by atoms with van der Waals surface area (Å²) in [5.41, 5.74) is 4.87. The van der Waals surface area contributed by atoms with Crippen molar-refractivity contribution in [1.82, 2.24) is 5.32 Å². The lowest BCUT2D eigenvalue weighted by Crippen LogP contribution is -2.41. The molecule has 0 rings (SSSR count). The molecule has 0 aliphatic rings. The Bertz CT molecular complexity index is 330. The summed E-state index contributed by atoms with van der Waals surface area (Å²) in [4.78, 5) is 21.6. The Labute approximate surface area is 123 Å². The van der Waals surface area contributed by atoms with Crippen LogP contribution in [0.5, 0.6) is 0 Å². The van der Waals surface area contributed by atoms with Crippen LogP contribution in [0.25, 0.3) is 0 Å². The number of amides is 1. The van der Waals surface area contributed by atoms with E-state index in [0.29, 0.717) is 0 Å². The van der Waals surface area contributed by atoms with Crippen LogP contribution in [0.4, 0.5) is 4.79 Å². The third-order valence-corrected chi connectivity index (χ3v) is 1.95. The third kappa shape index (κ3) is 12.1. The van der Waals surface area contributed by atoms with Gasteiger partial charge in [-0.05, 0) is 20.8 Å². The minimum atomic E-state index is -1.03. The third-order valence-electron chi connectivity index (χ3n) is 1.95. The number of carbonyl (C=O) groups excluding carboxylic acids is 1. The first kappa shape index (κ1) is 19.6. The molecule has 0 spiro atoms. The molecule has 21 heavy (non-hydrogen) atoms. The van der Waals surface area contributed by atoms with E-state index in [0.717, 1.165) is 0 Å². The van der Waals surface area contributed by atoms with E-state index >= 15 is 0 Å². The fraction of sp³-hybridized carbons (Fsp3) is 0.833. The Morgan fingerprint density at radius 3 is 2.43 bits per heavy atom. The smallest absolute Gasteiger partial charge is 0.407 e. The number of hydrogen-bond donors (Lipinski definition) is 4. The zero-order chi connectivity index (χ0) is 16.5. The molecule has 0 aliphatic heterocycles. The molecule has 0 aromatic carbocycles. The number of hydrogen-bond acceptors (Lipinski definition) is 7. The van der Waals surface area contributed by atoms with E-state index in [1.54, 1.807) is 20.8 Å². The highest BCUT2D eigenvalue weighted by Gasteiger charge is 2.23. The number of nitrogens with one attached hydrogen (secondary N) is 1. The lowest BCUT2D eigenvalue weighted by atomic mass is 10.2. The van der Waals surface area contributed by atoms with Crippen LogP contribution in [-0.4, -0.2) is 60.2 Å². The molecule has 9 heteroatoms. The molecule has 2 unspecified atom stereocenters. The Morgan fingerprint density at radius 1 is 1.33 bits per heavy atom. The Hall–Kier alpha value is -1.42. The monoisotopic (exact) mass is 308 g/mol. The van der Waals surface area contributed by atoms with Crippen molar-refractivity contribution in [3.05, 3.63) is 0 Å². The molecular formula is C12H24N2O7. The van der Waals surface area contributed by atoms with Crippen molar-refractivity contribution >= 4 is 12.1 Å². The summed E-state index contributed by atoms with van der Waals surface area (Å²) in [5, 5.41) is 19.5. The van der Waals surface area contributed by atoms with Gasteiger partial charge in [-0.25, -0.2) is 4.79 Å². The highest BCUT2D eigenvalue weighted by molar-refractivity contribution is 5.70. The molecule has 0 aromatic rings. The first-order chi connectivity index (χ1) is 9.64. The summed E-state index contributed by atoms with van der Waals surface area (Å²) in [6, 6.07) is 0. The Kier molecular flexibility index (Phi) is 8.86. The quantitative estimate of drug-likeness (QED) is 0.423. The van der Waals surface area contributed by atoms with E-state index in [-0.39, 0.29) is 19.6 Å². The van der Waals surface area contributed by atoms with Gasteiger partial charge in [0.15, 0.2) is 6.29 Å². The van der Waals surface area contributed by atoms with Gasteiger partial charge in [0, 0.05) is 6.54 Å². The average molecular weight is 308 g/mol. The molecule has 0 saturated heterocycles. The van der Waals surface area contributed by atoms with Crippen LogP contribution < -0.4 is 11.1 Å². The minimum Gasteiger partial charge on any atom is -0.481 e. The zero-order valence-corrected chi connectivity index (χ0v) is 12.5. The van der Waals surface area contributed by atoms with E-state index in [9.17, 15) is 9.59 Å². The van der Waals surface area contributed by atoms with Crippen LogP contribution in [0.2, 0.25) is 0 Å². The van der Waals surface area contributed by atoms with Gasteiger partial charge >= 0.3 is 12.1 Å². The summed E-state index contributed by atoms with van der Waals surface area (Å²) in [7, 11) is 0. The first-order valence-corrected chi connectivity index (χ1v) is 6.46. The molecule has 0 radical (unpaired) electrons. The van der Waals surface area contributed by atoms with E-state index in [4.69, 9.17) is 30.2 Å². The highest BCUT2D eigenvalue weighted by Crippen LogP contribution is 2.13. The molecule has 0 bridgehead atoms. The molecule has 1 amide bonds. The van der Waals surface area contributed by atoms with Gasteiger partial charge in [-0.15, -0.1) is 0 Å². The summed E-state index contributed by atoms with van der Waals surface area (Å²) < 4.78 is 15.5. The molecule has 5 N–H and O–H groups in total. The van der Waals surface area contributed by atoms with Gasteiger partial charge in [0.05, 0.1) is 18.6 Å². The second-order valence-electron chi connectivity index (χ2n) is 5.19. The van der Waals surface area contributed by atoms with E-state index < -0.39 is 36.8 Å². The normalized spacial score (nSPS) is 14.3. The summed E-state index contributed by atoms with van der Waals surface area (Å²) >= 11 is 0. The maximum absolute atomic E-state index is 11.3. The minimum absolute atomic E-state index is 0.0457. The summed E-state index contributed by atoms with van der Waals surface area (Å²) in [6.45, 7) is 4.64. The number of aliphatic hydroxyl groups is 1. The van der Waals surface area contributed by atoms with Crippen molar-refractivity contribution in [2.75, 3.05) is 19.8 Å². The number of alkyl carbamates (subject to hydrolysis) is 1. The van der Waals surface area contributed by atoms with Gasteiger partial charge in [0.25, 0.3) is 0 Å². The van der Waals surface area contributed by atoms with Crippen molar-refractivity contribution in [2.24, 2.45) is 5.73 Å². The fourth-order valence-electron chi connectivity index (χ4n) is 1.20. The van der Waals surface area contributed by atoms with E-state index in [2.05, 4.69) is 5.32 Å². The van der Waals surface area contributed by atoms with Crippen LogP contribution in [0.15, 0.2) is 0 Å². The second kappa shape index (κ2) is 9.50. The average Bonchev–Trinajstić information content (AvgIpc) is 2.33. The van der Waals surface area contributed by atoms with Crippen LogP contribution in [0.3, 0.4) is 0 Å². The number of aliphatic carboxylic acids is 1. The van der Waals surface area contributed by atoms with Gasteiger partial charge in [0.2, 0.25) is 0 Å². The highest BCUT2D eigenvalue weighted by atomic mass is 16.7. The fourth-order valence-corrected chi connectivity index (χ4v) is 1.20. The maximum atomic E-state index is 11.3. The van der Waals surface area contributed by atoms with Crippen molar-refractivity contribution in [2.45, 2.75) is 45.3 Å². The first-order valence-electron chi connectivity index (χ1n) is 6.46. The summed E-state index contributed by atoms with van der Waals surface area (Å²) in [6.07, 6.45) is -2.91. The largest absolute Gasteiger partial charge is 0.481 e. The van der Waals surface area contributed by atoms with Crippen molar-refractivity contribution in [1.29, 1.82) is 0 Å². The Balaban J connectivity index is 4.21. The predicted octanol–water partition coefficient (Wildman–Crippen LogP) is -0.378. The summed E-state index contributed by atoms with van der Waals surface area (Å²) in [5.74, 6) is -1.03. The molecule has 0 saturated carbocycles. The van der Waals surface area contributed by atoms with Gasteiger partial charge in [-0.2, -0.15) is 0 Å². The number of rotatable bonds is 9. The molecule has 0 heterocycles. The number of carbonyl (C=O) groups is 2. The van der Waals surface area contributed by atoms with Crippen molar-refractivity contribution < 1.29 is 34.0 Å². The molecule has 0 aliphatic carbocycles. The van der Waals surface area contributed by atoms with Crippen LogP contribution in [0, 0.1) is 0 Å². The van der Waals surface area contributed by atoms with E-state index in [1.165, 1.54) is 0 Å². The number of carboxylic acids is 1. The van der Waals surface area contributed by atoms with Crippen molar-refractivity contribution in [3.8, 4) is 0 Å². The molecule has 2 atom stereocenters. The maximum Gasteiger partial charge on any atom is 0.407 e. The number of carboxylic acid groups (broad SMARTS) is 1. The van der Waals surface area contributed by atoms with Crippen LogP contribution in [0.1, 0.15) is 27.2 Å². The van der Waals surface area contributed by atoms with Crippen LogP contribution >= 0.6 is 0 Å². The van der Waals surface area contributed by atoms with Gasteiger partial charge < -0.3 is 35.5 Å². The molecule has 0 fully saturated rings. The molecular weight excluding hydrogens is 284 g/mol. The number of aliphatic hydroxyl groups excluding tert-OH is 1. The zero-order valence-electron chi connectivity index (χ0n) is 12.5. The number of ether oxygens (including phenoxy) is 3. The van der Waals surface area contributed by atoms with Crippen LogP contribution in [-0.2, 0) is 19.0 Å². The SMILES string of the molecule is CC(C)(C)OC(COC(=O)NCCC(=O)O)OC(N)CO. The molecule has 0 aromatic heterocycles. The topological polar surface area (TPSA) is 140 Å². The molecule has 9 nitrogen and oxygen atoms in total. The second-order valence-corrected chi connectivity index (χ2v) is 5.19. The van der Waals surface area contributed by atoms with E-state index in [1.807, 2.05) is 0 Å². The Morgan fingerprint density at radius 2 is 1.95 bits per heavy atom. The van der Waals surface area contributed by atoms with Crippen molar-refractivity contribution in [3.63, 3.8) is 0 Å².